The first-order valence-corrected chi connectivity index (χ1v) is 7.11. The number of alkyl halides is 3. The van der Waals surface area contributed by atoms with Gasteiger partial charge in [-0.3, -0.25) is 15.2 Å². The Bertz CT molecular complexity index is 981. The third kappa shape index (κ3) is 3.04. The molecule has 0 aliphatic rings. The van der Waals surface area contributed by atoms with Gasteiger partial charge in [-0.1, -0.05) is 0 Å². The van der Waals surface area contributed by atoms with Gasteiger partial charge in [-0.05, 0) is 29.8 Å². The van der Waals surface area contributed by atoms with Gasteiger partial charge in [0.25, 0.3) is 5.69 Å². The minimum Gasteiger partial charge on any atom is -0.508 e. The number of halogens is 3. The monoisotopic (exact) mass is 365 g/mol. The van der Waals surface area contributed by atoms with Crippen molar-refractivity contribution < 1.29 is 28.3 Å². The van der Waals surface area contributed by atoms with Gasteiger partial charge in [-0.15, -0.1) is 0 Å². The fraction of sp³-hybridized carbons (Fsp3) is 0.0625. The Morgan fingerprint density at radius 3 is 2.27 bits per heavy atom. The molecule has 0 fully saturated rings. The molecule has 10 heteroatoms. The van der Waals surface area contributed by atoms with Gasteiger partial charge in [0.2, 0.25) is 0 Å². The van der Waals surface area contributed by atoms with E-state index in [9.17, 15) is 33.5 Å². The third-order valence-electron chi connectivity index (χ3n) is 3.65. The Morgan fingerprint density at radius 1 is 1.08 bits per heavy atom. The first-order valence-electron chi connectivity index (χ1n) is 7.11. The second-order valence-corrected chi connectivity index (χ2v) is 5.33. The fourth-order valence-corrected chi connectivity index (χ4v) is 2.49. The summed E-state index contributed by atoms with van der Waals surface area (Å²) in [6.45, 7) is 0. The molecular formula is C16H10F3N3O4. The number of nitrogens with one attached hydrogen (secondary N) is 1. The van der Waals surface area contributed by atoms with Gasteiger partial charge in [0.05, 0.1) is 4.92 Å². The van der Waals surface area contributed by atoms with E-state index in [2.05, 4.69) is 5.10 Å². The van der Waals surface area contributed by atoms with E-state index in [0.29, 0.717) is 0 Å². The van der Waals surface area contributed by atoms with Crippen LogP contribution in [0.3, 0.4) is 0 Å². The zero-order valence-corrected chi connectivity index (χ0v) is 12.8. The Morgan fingerprint density at radius 2 is 1.73 bits per heavy atom. The SMILES string of the molecule is O=[N+]([O-])c1ccc(-c2c(-c3ccc(O)cc3O)n[nH]c2C(F)(F)F)cc1. The van der Waals surface area contributed by atoms with Crippen LogP contribution in [0, 0.1) is 10.1 Å². The van der Waals surface area contributed by atoms with Crippen LogP contribution < -0.4 is 0 Å². The van der Waals surface area contributed by atoms with E-state index in [1.807, 2.05) is 5.10 Å². The average molecular weight is 365 g/mol. The number of hydrogen-bond donors (Lipinski definition) is 3. The van der Waals surface area contributed by atoms with Crippen LogP contribution in [0.5, 0.6) is 11.5 Å². The number of hydrogen-bond acceptors (Lipinski definition) is 5. The van der Waals surface area contributed by atoms with Gasteiger partial charge in [0.15, 0.2) is 0 Å². The number of aromatic hydroxyl groups is 2. The van der Waals surface area contributed by atoms with Crippen LogP contribution in [0.4, 0.5) is 18.9 Å². The lowest BCUT2D eigenvalue weighted by Gasteiger charge is -2.10. The van der Waals surface area contributed by atoms with Gasteiger partial charge in [-0.25, -0.2) is 0 Å². The van der Waals surface area contributed by atoms with Gasteiger partial charge >= 0.3 is 6.18 Å². The highest BCUT2D eigenvalue weighted by atomic mass is 19.4. The van der Waals surface area contributed by atoms with Gasteiger partial charge in [0, 0.05) is 29.3 Å². The minimum absolute atomic E-state index is 0.0270. The number of benzene rings is 2. The molecule has 0 atom stereocenters. The highest BCUT2D eigenvalue weighted by Crippen LogP contribution is 2.43. The molecule has 0 unspecified atom stereocenters. The maximum absolute atomic E-state index is 13.4. The number of aromatic amines is 1. The van der Waals surface area contributed by atoms with Crippen molar-refractivity contribution in [1.29, 1.82) is 0 Å². The highest BCUT2D eigenvalue weighted by molar-refractivity contribution is 5.85. The van der Waals surface area contributed by atoms with E-state index in [1.54, 1.807) is 0 Å². The predicted octanol–water partition coefficient (Wildman–Crippen LogP) is 4.08. The molecular weight excluding hydrogens is 355 g/mol. The molecule has 2 aromatic carbocycles. The second-order valence-electron chi connectivity index (χ2n) is 5.33. The first-order chi connectivity index (χ1) is 12.2. The van der Waals surface area contributed by atoms with Crippen molar-refractivity contribution in [3.63, 3.8) is 0 Å². The number of rotatable bonds is 3. The second kappa shape index (κ2) is 6.06. The number of phenolic OH excluding ortho intramolecular Hbond substituents is 2. The van der Waals surface area contributed by atoms with Crippen LogP contribution in [0.15, 0.2) is 42.5 Å². The van der Waals surface area contributed by atoms with E-state index in [0.717, 1.165) is 18.2 Å². The number of non-ortho nitro benzene ring substituents is 1. The molecule has 1 heterocycles. The topological polar surface area (TPSA) is 112 Å². The number of nitro groups is 1. The molecule has 0 aliphatic carbocycles. The van der Waals surface area contributed by atoms with Crippen molar-refractivity contribution in [3.05, 3.63) is 58.3 Å². The smallest absolute Gasteiger partial charge is 0.433 e. The van der Waals surface area contributed by atoms with Crippen LogP contribution in [-0.2, 0) is 6.18 Å². The molecule has 0 radical (unpaired) electrons. The standard InChI is InChI=1S/C16H10F3N3O4/c17-16(18,19)15-13(8-1-3-9(4-2-8)22(25)26)14(20-21-15)11-6-5-10(23)7-12(11)24/h1-7,23-24H,(H,20,21). The molecule has 3 N–H and O–H groups in total. The van der Waals surface area contributed by atoms with Crippen LogP contribution in [-0.4, -0.2) is 25.3 Å². The van der Waals surface area contributed by atoms with E-state index >= 15 is 0 Å². The van der Waals surface area contributed by atoms with Gasteiger partial charge in [-0.2, -0.15) is 18.3 Å². The molecule has 3 rings (SSSR count). The van der Waals surface area contributed by atoms with Crippen molar-refractivity contribution in [1.82, 2.24) is 10.2 Å². The van der Waals surface area contributed by atoms with Gasteiger partial charge in [0.1, 0.15) is 22.9 Å². The number of nitrogens with zero attached hydrogens (tertiary/aromatic N) is 2. The lowest BCUT2D eigenvalue weighted by atomic mass is 9.98. The van der Waals surface area contributed by atoms with Crippen molar-refractivity contribution in [2.45, 2.75) is 6.18 Å². The summed E-state index contributed by atoms with van der Waals surface area (Å²) in [6.07, 6.45) is -4.77. The summed E-state index contributed by atoms with van der Waals surface area (Å²) < 4.78 is 40.1. The fourth-order valence-electron chi connectivity index (χ4n) is 2.49. The Balaban J connectivity index is 2.24. The molecule has 134 valence electrons. The summed E-state index contributed by atoms with van der Waals surface area (Å²) in [5.74, 6) is -0.733. The van der Waals surface area contributed by atoms with Crippen molar-refractivity contribution in [2.75, 3.05) is 0 Å². The molecule has 0 saturated carbocycles. The highest BCUT2D eigenvalue weighted by Gasteiger charge is 2.38. The molecule has 0 amide bonds. The molecule has 3 aromatic rings. The van der Waals surface area contributed by atoms with Crippen LogP contribution in [0.25, 0.3) is 22.4 Å². The van der Waals surface area contributed by atoms with Crippen LogP contribution in [0.1, 0.15) is 5.69 Å². The lowest BCUT2D eigenvalue weighted by Crippen LogP contribution is -2.07. The molecule has 0 saturated heterocycles. The molecule has 26 heavy (non-hydrogen) atoms. The Hall–Kier alpha value is -3.56. The van der Waals surface area contributed by atoms with Crippen molar-refractivity contribution in [2.24, 2.45) is 0 Å². The maximum atomic E-state index is 13.4. The number of phenols is 2. The maximum Gasteiger partial charge on any atom is 0.433 e. The van der Waals surface area contributed by atoms with E-state index in [-0.39, 0.29) is 33.8 Å². The molecule has 0 bridgehead atoms. The number of H-pyrrole nitrogens is 1. The number of aromatic nitrogens is 2. The van der Waals surface area contributed by atoms with Crippen LogP contribution >= 0.6 is 0 Å². The molecule has 1 aromatic heterocycles. The zero-order valence-electron chi connectivity index (χ0n) is 12.8. The molecule has 0 spiro atoms. The lowest BCUT2D eigenvalue weighted by molar-refractivity contribution is -0.384. The largest absolute Gasteiger partial charge is 0.508 e. The Kier molecular flexibility index (Phi) is 4.03. The Labute approximate surface area is 143 Å². The van der Waals surface area contributed by atoms with E-state index in [1.165, 1.54) is 24.3 Å². The van der Waals surface area contributed by atoms with Crippen molar-refractivity contribution in [3.8, 4) is 33.9 Å². The zero-order chi connectivity index (χ0) is 19.1. The van der Waals surface area contributed by atoms with Crippen molar-refractivity contribution >= 4 is 5.69 Å². The summed E-state index contributed by atoms with van der Waals surface area (Å²) in [7, 11) is 0. The first kappa shape index (κ1) is 17.3. The normalized spacial score (nSPS) is 11.5. The van der Waals surface area contributed by atoms with Crippen LogP contribution in [0.2, 0.25) is 0 Å². The average Bonchev–Trinajstić information content (AvgIpc) is 3.00. The summed E-state index contributed by atoms with van der Waals surface area (Å²) >= 11 is 0. The summed E-state index contributed by atoms with van der Waals surface area (Å²) in [4.78, 5) is 10.1. The minimum atomic E-state index is -4.77. The quantitative estimate of drug-likeness (QED) is 0.478. The molecule has 7 nitrogen and oxygen atoms in total. The summed E-state index contributed by atoms with van der Waals surface area (Å²) in [5, 5.41) is 35.6. The van der Waals surface area contributed by atoms with E-state index in [4.69, 9.17) is 0 Å². The summed E-state index contributed by atoms with van der Waals surface area (Å²) in [5.41, 5.74) is -2.02. The molecule has 0 aliphatic heterocycles. The van der Waals surface area contributed by atoms with Gasteiger partial charge < -0.3 is 10.2 Å². The number of nitro benzene ring substituents is 1. The summed E-state index contributed by atoms with van der Waals surface area (Å²) in [6, 6.07) is 7.85. The predicted molar refractivity (Wildman–Crippen MR) is 84.4 cm³/mol. The third-order valence-corrected chi connectivity index (χ3v) is 3.65. The van der Waals surface area contributed by atoms with E-state index < -0.39 is 22.5 Å².